The number of carboxylic acid groups (broad SMARTS) is 1. The SMILES string of the molecule is CC(C)=CCCCC=C[C@H]1CCC(=O)[C@@H]1CCCCCC(O)C(=O)O. The van der Waals surface area contributed by atoms with Crippen LogP contribution in [0.15, 0.2) is 23.8 Å². The van der Waals surface area contributed by atoms with Crippen molar-refractivity contribution in [2.24, 2.45) is 11.8 Å². The fraction of sp³-hybridized carbons (Fsp3) is 0.714. The van der Waals surface area contributed by atoms with Gasteiger partial charge in [-0.05, 0) is 58.3 Å². The van der Waals surface area contributed by atoms with Crippen molar-refractivity contribution in [3.63, 3.8) is 0 Å². The molecule has 1 rings (SSSR count). The number of allylic oxidation sites excluding steroid dienone is 4. The van der Waals surface area contributed by atoms with Gasteiger partial charge in [0.1, 0.15) is 5.78 Å². The minimum absolute atomic E-state index is 0.137. The fourth-order valence-corrected chi connectivity index (χ4v) is 3.44. The smallest absolute Gasteiger partial charge is 0.332 e. The summed E-state index contributed by atoms with van der Waals surface area (Å²) in [7, 11) is 0. The number of hydrogen-bond acceptors (Lipinski definition) is 3. The van der Waals surface area contributed by atoms with E-state index < -0.39 is 12.1 Å². The molecule has 0 spiro atoms. The number of Topliss-reactive ketones (excluding diaryl/α,β-unsaturated/α-hetero) is 1. The molecule has 0 radical (unpaired) electrons. The van der Waals surface area contributed by atoms with Crippen molar-refractivity contribution in [1.82, 2.24) is 0 Å². The van der Waals surface area contributed by atoms with Crippen molar-refractivity contribution < 1.29 is 19.8 Å². The number of ketones is 1. The van der Waals surface area contributed by atoms with Crippen LogP contribution in [0.1, 0.15) is 78.1 Å². The van der Waals surface area contributed by atoms with Crippen molar-refractivity contribution in [1.29, 1.82) is 0 Å². The Kier molecular flexibility index (Phi) is 10.4. The average Bonchev–Trinajstić information content (AvgIpc) is 2.90. The lowest BCUT2D eigenvalue weighted by Gasteiger charge is -2.15. The fourth-order valence-electron chi connectivity index (χ4n) is 3.44. The maximum absolute atomic E-state index is 12.1. The number of unbranched alkanes of at least 4 members (excludes halogenated alkanes) is 4. The van der Waals surface area contributed by atoms with E-state index in [0.29, 0.717) is 31.0 Å². The molecule has 4 nitrogen and oxygen atoms in total. The summed E-state index contributed by atoms with van der Waals surface area (Å²) < 4.78 is 0. The summed E-state index contributed by atoms with van der Waals surface area (Å²) >= 11 is 0. The van der Waals surface area contributed by atoms with Gasteiger partial charge in [0.2, 0.25) is 0 Å². The van der Waals surface area contributed by atoms with Gasteiger partial charge in [-0.3, -0.25) is 4.79 Å². The first-order chi connectivity index (χ1) is 11.9. The molecule has 0 aromatic rings. The molecule has 0 aromatic carbocycles. The molecular weight excluding hydrogens is 316 g/mol. The zero-order chi connectivity index (χ0) is 18.7. The highest BCUT2D eigenvalue weighted by molar-refractivity contribution is 5.83. The first kappa shape index (κ1) is 21.6. The van der Waals surface area contributed by atoms with Crippen molar-refractivity contribution in [2.45, 2.75) is 84.2 Å². The largest absolute Gasteiger partial charge is 0.479 e. The molecule has 2 N–H and O–H groups in total. The van der Waals surface area contributed by atoms with E-state index in [1.165, 1.54) is 5.57 Å². The molecule has 0 saturated heterocycles. The van der Waals surface area contributed by atoms with E-state index in [-0.39, 0.29) is 5.92 Å². The lowest BCUT2D eigenvalue weighted by molar-refractivity contribution is -0.146. The zero-order valence-electron chi connectivity index (χ0n) is 15.7. The predicted octanol–water partition coefficient (Wildman–Crippen LogP) is 4.67. The second-order valence-electron chi connectivity index (χ2n) is 7.41. The van der Waals surface area contributed by atoms with Crippen molar-refractivity contribution in [3.05, 3.63) is 23.8 Å². The molecule has 1 aliphatic carbocycles. The maximum atomic E-state index is 12.1. The molecular formula is C21H34O4. The zero-order valence-corrected chi connectivity index (χ0v) is 15.7. The van der Waals surface area contributed by atoms with Crippen LogP contribution in [0, 0.1) is 11.8 Å². The standard InChI is InChI=1S/C21H34O4/c1-16(2)10-6-3-4-7-11-17-14-15-19(22)18(17)12-8-5-9-13-20(23)21(24)25/h7,10-11,17-18,20,23H,3-6,8-9,12-15H2,1-2H3,(H,24,25)/t17-,18+,20?/m0/s1. The van der Waals surface area contributed by atoms with E-state index in [0.717, 1.165) is 44.9 Å². The van der Waals surface area contributed by atoms with Crippen LogP contribution in [-0.2, 0) is 9.59 Å². The molecule has 1 fully saturated rings. The van der Waals surface area contributed by atoms with Gasteiger partial charge in [0, 0.05) is 12.3 Å². The van der Waals surface area contributed by atoms with E-state index >= 15 is 0 Å². The van der Waals surface area contributed by atoms with Crippen LogP contribution in [0.3, 0.4) is 0 Å². The van der Waals surface area contributed by atoms with E-state index in [4.69, 9.17) is 5.11 Å². The number of aliphatic hydroxyl groups is 1. The second-order valence-corrected chi connectivity index (χ2v) is 7.41. The van der Waals surface area contributed by atoms with Gasteiger partial charge in [-0.2, -0.15) is 0 Å². The van der Waals surface area contributed by atoms with Gasteiger partial charge in [0.05, 0.1) is 0 Å². The topological polar surface area (TPSA) is 74.6 Å². The van der Waals surface area contributed by atoms with Crippen molar-refractivity contribution in [3.8, 4) is 0 Å². The van der Waals surface area contributed by atoms with Gasteiger partial charge in [0.15, 0.2) is 6.10 Å². The molecule has 1 aliphatic rings. The number of carboxylic acids is 1. The Labute approximate surface area is 152 Å². The van der Waals surface area contributed by atoms with Crippen LogP contribution in [-0.4, -0.2) is 28.1 Å². The van der Waals surface area contributed by atoms with Crippen LogP contribution in [0.5, 0.6) is 0 Å². The summed E-state index contributed by atoms with van der Waals surface area (Å²) in [6.45, 7) is 4.24. The Bertz CT molecular complexity index is 474. The number of hydrogen-bond donors (Lipinski definition) is 2. The molecule has 1 saturated carbocycles. The highest BCUT2D eigenvalue weighted by atomic mass is 16.4. The summed E-state index contributed by atoms with van der Waals surface area (Å²) in [6.07, 6.45) is 14.1. The third-order valence-corrected chi connectivity index (χ3v) is 4.94. The van der Waals surface area contributed by atoms with Gasteiger partial charge in [-0.1, -0.05) is 43.1 Å². The lowest BCUT2D eigenvalue weighted by Crippen LogP contribution is -2.19. The molecule has 25 heavy (non-hydrogen) atoms. The van der Waals surface area contributed by atoms with Gasteiger partial charge < -0.3 is 10.2 Å². The number of aliphatic carboxylic acids is 1. The highest BCUT2D eigenvalue weighted by Crippen LogP contribution is 2.34. The van der Waals surface area contributed by atoms with Crippen LogP contribution >= 0.6 is 0 Å². The van der Waals surface area contributed by atoms with Gasteiger partial charge in [-0.25, -0.2) is 4.79 Å². The Balaban J connectivity index is 2.25. The monoisotopic (exact) mass is 350 g/mol. The molecule has 0 aliphatic heterocycles. The number of aliphatic hydroxyl groups excluding tert-OH is 1. The minimum atomic E-state index is -1.25. The maximum Gasteiger partial charge on any atom is 0.332 e. The summed E-state index contributed by atoms with van der Waals surface area (Å²) in [5.41, 5.74) is 1.36. The van der Waals surface area contributed by atoms with Gasteiger partial charge >= 0.3 is 5.97 Å². The molecule has 0 aromatic heterocycles. The summed E-state index contributed by atoms with van der Waals surface area (Å²) in [5, 5.41) is 17.9. The normalized spacial score (nSPS) is 21.6. The quantitative estimate of drug-likeness (QED) is 0.396. The van der Waals surface area contributed by atoms with Crippen LogP contribution in [0.4, 0.5) is 0 Å². The lowest BCUT2D eigenvalue weighted by atomic mass is 9.89. The third kappa shape index (κ3) is 9.01. The first-order valence-corrected chi connectivity index (χ1v) is 9.65. The van der Waals surface area contributed by atoms with Gasteiger partial charge in [-0.15, -0.1) is 0 Å². The van der Waals surface area contributed by atoms with Crippen LogP contribution < -0.4 is 0 Å². The molecule has 4 heteroatoms. The Morgan fingerprint density at radius 3 is 2.64 bits per heavy atom. The van der Waals surface area contributed by atoms with Crippen LogP contribution in [0.25, 0.3) is 0 Å². The summed E-state index contributed by atoms with van der Waals surface area (Å²) in [4.78, 5) is 22.6. The van der Waals surface area contributed by atoms with E-state index in [9.17, 15) is 14.7 Å². The molecule has 1 unspecified atom stereocenters. The van der Waals surface area contributed by atoms with Crippen molar-refractivity contribution >= 4 is 11.8 Å². The summed E-state index contributed by atoms with van der Waals surface area (Å²) in [6, 6.07) is 0. The molecule has 3 atom stereocenters. The molecule has 142 valence electrons. The van der Waals surface area contributed by atoms with E-state index in [2.05, 4.69) is 32.1 Å². The molecule has 0 amide bonds. The molecule has 0 heterocycles. The van der Waals surface area contributed by atoms with Crippen LogP contribution in [0.2, 0.25) is 0 Å². The predicted molar refractivity (Wildman–Crippen MR) is 100 cm³/mol. The molecule has 0 bridgehead atoms. The average molecular weight is 350 g/mol. The third-order valence-electron chi connectivity index (χ3n) is 4.94. The Hall–Kier alpha value is -1.42. The number of rotatable bonds is 12. The number of carbonyl (C=O) groups is 2. The number of carbonyl (C=O) groups excluding carboxylic acids is 1. The highest BCUT2D eigenvalue weighted by Gasteiger charge is 2.32. The van der Waals surface area contributed by atoms with Crippen molar-refractivity contribution in [2.75, 3.05) is 0 Å². The Morgan fingerprint density at radius 2 is 1.96 bits per heavy atom. The van der Waals surface area contributed by atoms with E-state index in [1.54, 1.807) is 0 Å². The second kappa shape index (κ2) is 12.0. The first-order valence-electron chi connectivity index (χ1n) is 9.65. The summed E-state index contributed by atoms with van der Waals surface area (Å²) in [5.74, 6) is -0.260. The Morgan fingerprint density at radius 1 is 1.20 bits per heavy atom. The minimum Gasteiger partial charge on any atom is -0.479 e. The van der Waals surface area contributed by atoms with E-state index in [1.807, 2.05) is 0 Å². The van der Waals surface area contributed by atoms with Gasteiger partial charge in [0.25, 0.3) is 0 Å².